The molecule has 270 valence electrons. The third kappa shape index (κ3) is 42.3. The second-order valence-electron chi connectivity index (χ2n) is 11.0. The Morgan fingerprint density at radius 2 is 0.646 bits per heavy atom. The summed E-state index contributed by atoms with van der Waals surface area (Å²) in [5, 5.41) is 0. The molecule has 0 aliphatic heterocycles. The molecule has 6 nitrogen and oxygen atoms in total. The van der Waals surface area contributed by atoms with Gasteiger partial charge in [0, 0.05) is 12.2 Å². The standard InChI is InChI=1S/C42H62O4.2H3N/c1-3-5-7-9-11-13-15-17-19-21-23-25-27-29-31-33-35-37-41(43)45-39-40-46-42(44)38-36-34-32-30-28-26-24-22-20-18-16-14-12-10-8-6-4-2;;/h19-38H,3-18,39-40H2,1-2H3;2*1H3/b21-19+,22-20+,25-23+,26-24+,29-27+,30-28+,33-31+,34-32+,37-35+,38-36+;;. The lowest BCUT2D eigenvalue weighted by Crippen LogP contribution is -2.11. The van der Waals surface area contributed by atoms with Crippen LogP contribution in [0.15, 0.2) is 122 Å². The first kappa shape index (κ1) is 48.7. The normalized spacial score (nSPS) is 12.5. The van der Waals surface area contributed by atoms with Crippen molar-refractivity contribution in [3.8, 4) is 0 Å². The summed E-state index contributed by atoms with van der Waals surface area (Å²) in [7, 11) is 0. The van der Waals surface area contributed by atoms with E-state index in [0.717, 1.165) is 12.8 Å². The number of esters is 2. The Balaban J connectivity index is -0.0000101. The Kier molecular flexibility index (Phi) is 43.9. The predicted molar refractivity (Wildman–Crippen MR) is 209 cm³/mol. The van der Waals surface area contributed by atoms with Crippen molar-refractivity contribution in [2.75, 3.05) is 13.2 Å². The summed E-state index contributed by atoms with van der Waals surface area (Å²) in [6, 6.07) is 0. The number of rotatable bonds is 29. The van der Waals surface area contributed by atoms with Gasteiger partial charge in [0.25, 0.3) is 0 Å². The van der Waals surface area contributed by atoms with Crippen LogP contribution in [-0.2, 0) is 19.1 Å². The van der Waals surface area contributed by atoms with Gasteiger partial charge in [-0.2, -0.15) is 0 Å². The fourth-order valence-electron chi connectivity index (χ4n) is 4.21. The zero-order valence-corrected chi connectivity index (χ0v) is 30.3. The van der Waals surface area contributed by atoms with Crippen molar-refractivity contribution in [1.82, 2.24) is 12.3 Å². The topological polar surface area (TPSA) is 123 Å². The van der Waals surface area contributed by atoms with Gasteiger partial charge in [0.05, 0.1) is 0 Å². The Morgan fingerprint density at radius 1 is 0.375 bits per heavy atom. The molecule has 0 spiro atoms. The highest BCUT2D eigenvalue weighted by atomic mass is 16.6. The van der Waals surface area contributed by atoms with Crippen LogP contribution < -0.4 is 12.3 Å². The van der Waals surface area contributed by atoms with Crippen LogP contribution >= 0.6 is 0 Å². The molecule has 0 aromatic heterocycles. The Hall–Kier alpha value is -3.74. The minimum atomic E-state index is -0.487. The summed E-state index contributed by atoms with van der Waals surface area (Å²) in [5.41, 5.74) is 0. The maximum Gasteiger partial charge on any atom is 0.330 e. The average Bonchev–Trinajstić information content (AvgIpc) is 3.06. The van der Waals surface area contributed by atoms with Gasteiger partial charge in [0.15, 0.2) is 0 Å². The summed E-state index contributed by atoms with van der Waals surface area (Å²) in [6.45, 7) is 4.51. The fraction of sp³-hybridized carbons (Fsp3) is 0.476. The molecule has 0 rings (SSSR count). The first-order chi connectivity index (χ1) is 22.7. The van der Waals surface area contributed by atoms with E-state index in [-0.39, 0.29) is 25.5 Å². The highest BCUT2D eigenvalue weighted by Gasteiger charge is 1.99. The van der Waals surface area contributed by atoms with Crippen LogP contribution in [0, 0.1) is 0 Å². The van der Waals surface area contributed by atoms with Crippen LogP contribution in [0.2, 0.25) is 0 Å². The van der Waals surface area contributed by atoms with E-state index in [9.17, 15) is 9.59 Å². The minimum Gasteiger partial charge on any atom is -0.459 e. The molecule has 0 aliphatic rings. The predicted octanol–water partition coefficient (Wildman–Crippen LogP) is 12.2. The molecule has 6 N–H and O–H groups in total. The molecule has 48 heavy (non-hydrogen) atoms. The zero-order chi connectivity index (χ0) is 33.4. The van der Waals surface area contributed by atoms with Gasteiger partial charge in [-0.05, 0) is 25.7 Å². The van der Waals surface area contributed by atoms with Gasteiger partial charge in [0.2, 0.25) is 0 Å². The van der Waals surface area contributed by atoms with Crippen molar-refractivity contribution in [3.05, 3.63) is 122 Å². The van der Waals surface area contributed by atoms with E-state index in [1.807, 2.05) is 60.8 Å². The van der Waals surface area contributed by atoms with Crippen molar-refractivity contribution in [3.63, 3.8) is 0 Å². The highest BCUT2D eigenvalue weighted by Crippen LogP contribution is 2.09. The van der Waals surface area contributed by atoms with Gasteiger partial charge in [-0.25, -0.2) is 9.59 Å². The summed E-state index contributed by atoms with van der Waals surface area (Å²) in [5.74, 6) is -0.975. The van der Waals surface area contributed by atoms with Gasteiger partial charge < -0.3 is 21.8 Å². The van der Waals surface area contributed by atoms with E-state index in [2.05, 4.69) is 38.2 Å². The second-order valence-corrected chi connectivity index (χ2v) is 11.0. The number of ether oxygens (including phenoxy) is 2. The minimum absolute atomic E-state index is 0. The second kappa shape index (κ2) is 43.3. The molecule has 0 amide bonds. The molecule has 0 aliphatic carbocycles. The SMILES string of the molecule is CCCCCCCCC/C=C/C=C/C=C/C=C/C=C/C(=O)OCCOC(=O)/C=C/C=C/C=C/C=C/C=C/CCCCCCCCC.N.N. The Labute approximate surface area is 294 Å². The van der Waals surface area contributed by atoms with E-state index in [1.54, 1.807) is 24.3 Å². The van der Waals surface area contributed by atoms with Crippen molar-refractivity contribution in [2.45, 2.75) is 117 Å². The van der Waals surface area contributed by atoms with E-state index >= 15 is 0 Å². The fourth-order valence-corrected chi connectivity index (χ4v) is 4.21. The van der Waals surface area contributed by atoms with Gasteiger partial charge in [0.1, 0.15) is 13.2 Å². The molecule has 0 saturated heterocycles. The van der Waals surface area contributed by atoms with Gasteiger partial charge in [-0.3, -0.25) is 0 Å². The smallest absolute Gasteiger partial charge is 0.330 e. The summed E-state index contributed by atoms with van der Waals surface area (Å²) < 4.78 is 10.1. The molecular formula is C42H68N2O4. The molecule has 0 aromatic rings. The number of hydrogen-bond acceptors (Lipinski definition) is 6. The lowest BCUT2D eigenvalue weighted by Gasteiger charge is -2.02. The molecule has 0 aromatic carbocycles. The van der Waals surface area contributed by atoms with Crippen LogP contribution in [0.4, 0.5) is 0 Å². The van der Waals surface area contributed by atoms with E-state index in [4.69, 9.17) is 9.47 Å². The number of carbonyl (C=O) groups excluding carboxylic acids is 2. The third-order valence-corrected chi connectivity index (χ3v) is 6.81. The van der Waals surface area contributed by atoms with Crippen LogP contribution in [0.3, 0.4) is 0 Å². The first-order valence-electron chi connectivity index (χ1n) is 17.7. The van der Waals surface area contributed by atoms with Crippen LogP contribution in [0.1, 0.15) is 117 Å². The molecule has 0 fully saturated rings. The first-order valence-corrected chi connectivity index (χ1v) is 17.7. The summed E-state index contributed by atoms with van der Waals surface area (Å²) in [6.07, 6.45) is 58.3. The Bertz CT molecular complexity index is 944. The summed E-state index contributed by atoms with van der Waals surface area (Å²) in [4.78, 5) is 23.5. The highest BCUT2D eigenvalue weighted by molar-refractivity contribution is 5.83. The van der Waals surface area contributed by atoms with Crippen LogP contribution in [-0.4, -0.2) is 25.2 Å². The average molecular weight is 665 g/mol. The lowest BCUT2D eigenvalue weighted by molar-refractivity contribution is -0.146. The van der Waals surface area contributed by atoms with Crippen molar-refractivity contribution >= 4 is 11.9 Å². The third-order valence-electron chi connectivity index (χ3n) is 6.81. The van der Waals surface area contributed by atoms with Crippen molar-refractivity contribution in [2.24, 2.45) is 0 Å². The number of hydrogen-bond donors (Lipinski definition) is 2. The largest absolute Gasteiger partial charge is 0.459 e. The molecule has 0 unspecified atom stereocenters. The molecular weight excluding hydrogens is 596 g/mol. The molecule has 0 heterocycles. The van der Waals surface area contributed by atoms with Crippen molar-refractivity contribution in [1.29, 1.82) is 0 Å². The number of allylic oxidation sites excluding steroid dienone is 18. The van der Waals surface area contributed by atoms with Crippen LogP contribution in [0.5, 0.6) is 0 Å². The number of carbonyl (C=O) groups is 2. The maximum absolute atomic E-state index is 11.7. The van der Waals surface area contributed by atoms with Gasteiger partial charge >= 0.3 is 11.9 Å². The Morgan fingerprint density at radius 3 is 0.979 bits per heavy atom. The maximum atomic E-state index is 11.7. The molecule has 0 radical (unpaired) electrons. The lowest BCUT2D eigenvalue weighted by atomic mass is 10.1. The van der Waals surface area contributed by atoms with Crippen LogP contribution in [0.25, 0.3) is 0 Å². The van der Waals surface area contributed by atoms with Crippen molar-refractivity contribution < 1.29 is 19.1 Å². The van der Waals surface area contributed by atoms with E-state index in [1.165, 1.54) is 102 Å². The van der Waals surface area contributed by atoms with E-state index in [0.29, 0.717) is 0 Å². The molecule has 0 bridgehead atoms. The quantitative estimate of drug-likeness (QED) is 0.0355. The van der Waals surface area contributed by atoms with Gasteiger partial charge in [-0.15, -0.1) is 0 Å². The van der Waals surface area contributed by atoms with E-state index < -0.39 is 11.9 Å². The monoisotopic (exact) mass is 665 g/mol. The van der Waals surface area contributed by atoms with Gasteiger partial charge in [-0.1, -0.05) is 200 Å². The molecule has 0 atom stereocenters. The zero-order valence-electron chi connectivity index (χ0n) is 30.3. The molecule has 0 saturated carbocycles. The molecule has 6 heteroatoms. The summed E-state index contributed by atoms with van der Waals surface area (Å²) >= 11 is 0. The number of unbranched alkanes of at least 4 members (excludes halogenated alkanes) is 14.